The van der Waals surface area contributed by atoms with Crippen LogP contribution in [0.1, 0.15) is 12.8 Å². The predicted octanol–water partition coefficient (Wildman–Crippen LogP) is 3.07. The lowest BCUT2D eigenvalue weighted by atomic mass is 10.3. The number of carbonyl (C=O) groups excluding carboxylic acids is 1. The van der Waals surface area contributed by atoms with E-state index in [9.17, 15) is 9.18 Å². The molecule has 0 bridgehead atoms. The van der Waals surface area contributed by atoms with Crippen LogP contribution in [-0.2, 0) is 4.79 Å². The number of amides is 1. The number of hydrogen-bond acceptors (Lipinski definition) is 2. The van der Waals surface area contributed by atoms with E-state index in [2.05, 4.69) is 10.6 Å². The highest BCUT2D eigenvalue weighted by Gasteiger charge is 2.20. The van der Waals surface area contributed by atoms with Gasteiger partial charge < -0.3 is 10.6 Å². The van der Waals surface area contributed by atoms with Crippen molar-refractivity contribution in [3.8, 4) is 0 Å². The Kier molecular flexibility index (Phi) is 4.43. The van der Waals surface area contributed by atoms with Crippen LogP contribution in [0, 0.1) is 11.7 Å². The lowest BCUT2D eigenvalue weighted by Gasteiger charge is -2.10. The minimum absolute atomic E-state index is 0.0931. The monoisotopic (exact) mass is 290 g/mol. The van der Waals surface area contributed by atoms with Crippen molar-refractivity contribution in [2.45, 2.75) is 12.8 Å². The topological polar surface area (TPSA) is 41.1 Å². The van der Waals surface area contributed by atoms with E-state index >= 15 is 0 Å². The number of anilines is 1. The summed E-state index contributed by atoms with van der Waals surface area (Å²) in [5.41, 5.74) is 0.248. The summed E-state index contributed by atoms with van der Waals surface area (Å²) in [6.45, 7) is 1.04. The maximum absolute atomic E-state index is 13.0. The second kappa shape index (κ2) is 5.87. The Balaban J connectivity index is 1.89. The first kappa shape index (κ1) is 13.6. The van der Waals surface area contributed by atoms with Crippen LogP contribution in [0.2, 0.25) is 10.0 Å². The summed E-state index contributed by atoms with van der Waals surface area (Å²) in [6.07, 6.45) is 2.45. The molecule has 2 N–H and O–H groups in total. The van der Waals surface area contributed by atoms with Gasteiger partial charge in [-0.25, -0.2) is 4.39 Å². The van der Waals surface area contributed by atoms with Gasteiger partial charge in [-0.15, -0.1) is 0 Å². The van der Waals surface area contributed by atoms with Crippen LogP contribution in [0.5, 0.6) is 0 Å². The molecule has 1 aliphatic carbocycles. The van der Waals surface area contributed by atoms with Gasteiger partial charge in [0.15, 0.2) is 0 Å². The highest BCUT2D eigenvalue weighted by Crippen LogP contribution is 2.31. The zero-order chi connectivity index (χ0) is 13.1. The molecule has 3 nitrogen and oxygen atoms in total. The zero-order valence-electron chi connectivity index (χ0n) is 9.60. The predicted molar refractivity (Wildman–Crippen MR) is 70.6 cm³/mol. The highest BCUT2D eigenvalue weighted by atomic mass is 35.5. The molecule has 0 unspecified atom stereocenters. The lowest BCUT2D eigenvalue weighted by molar-refractivity contribution is -0.115. The molecule has 0 aromatic heterocycles. The van der Waals surface area contributed by atoms with E-state index in [4.69, 9.17) is 23.2 Å². The molecular formula is C12H13Cl2FN2O. The number of rotatable bonds is 5. The minimum Gasteiger partial charge on any atom is -0.322 e. The highest BCUT2D eigenvalue weighted by molar-refractivity contribution is 6.39. The van der Waals surface area contributed by atoms with Crippen molar-refractivity contribution >= 4 is 34.8 Å². The summed E-state index contributed by atoms with van der Waals surface area (Å²) < 4.78 is 13.0. The first-order valence-corrected chi connectivity index (χ1v) is 6.47. The number of hydrogen-bond donors (Lipinski definition) is 2. The first-order valence-electron chi connectivity index (χ1n) is 5.71. The summed E-state index contributed by atoms with van der Waals surface area (Å²) in [6, 6.07) is 2.22. The van der Waals surface area contributed by atoms with Crippen LogP contribution < -0.4 is 10.6 Å². The van der Waals surface area contributed by atoms with Crippen LogP contribution >= 0.6 is 23.2 Å². The van der Waals surface area contributed by atoms with Crippen molar-refractivity contribution < 1.29 is 9.18 Å². The molecule has 2 rings (SSSR count). The third-order valence-electron chi connectivity index (χ3n) is 2.69. The molecule has 0 spiro atoms. The van der Waals surface area contributed by atoms with E-state index in [0.29, 0.717) is 5.92 Å². The van der Waals surface area contributed by atoms with Crippen LogP contribution in [-0.4, -0.2) is 19.0 Å². The molecule has 18 heavy (non-hydrogen) atoms. The lowest BCUT2D eigenvalue weighted by Crippen LogP contribution is -2.29. The Morgan fingerprint density at radius 1 is 1.33 bits per heavy atom. The normalized spacial score (nSPS) is 14.6. The van der Waals surface area contributed by atoms with Gasteiger partial charge in [-0.05, 0) is 37.4 Å². The van der Waals surface area contributed by atoms with Crippen molar-refractivity contribution in [3.05, 3.63) is 28.0 Å². The van der Waals surface area contributed by atoms with Crippen LogP contribution in [0.3, 0.4) is 0 Å². The van der Waals surface area contributed by atoms with Gasteiger partial charge in [-0.2, -0.15) is 0 Å². The fraction of sp³-hybridized carbons (Fsp3) is 0.417. The first-order chi connectivity index (χ1) is 8.56. The molecule has 0 atom stereocenters. The Bertz CT molecular complexity index is 440. The van der Waals surface area contributed by atoms with Gasteiger partial charge in [0.2, 0.25) is 5.91 Å². The average Bonchev–Trinajstić information content (AvgIpc) is 3.07. The molecule has 6 heteroatoms. The van der Waals surface area contributed by atoms with Crippen molar-refractivity contribution in [1.29, 1.82) is 0 Å². The molecule has 0 heterocycles. The Morgan fingerprint density at radius 3 is 2.50 bits per heavy atom. The van der Waals surface area contributed by atoms with Gasteiger partial charge in [0.25, 0.3) is 0 Å². The molecule has 0 radical (unpaired) electrons. The molecule has 98 valence electrons. The second-order valence-electron chi connectivity index (χ2n) is 4.37. The Morgan fingerprint density at radius 2 is 1.94 bits per heavy atom. The molecule has 1 aliphatic rings. The van der Waals surface area contributed by atoms with Crippen molar-refractivity contribution in [3.63, 3.8) is 0 Å². The van der Waals surface area contributed by atoms with Gasteiger partial charge in [-0.3, -0.25) is 4.79 Å². The fourth-order valence-electron chi connectivity index (χ4n) is 1.56. The van der Waals surface area contributed by atoms with Crippen molar-refractivity contribution in [2.24, 2.45) is 5.92 Å². The Hall–Kier alpha value is -0.840. The molecule has 1 aromatic carbocycles. The summed E-state index contributed by atoms with van der Waals surface area (Å²) >= 11 is 11.6. The van der Waals surface area contributed by atoms with Gasteiger partial charge >= 0.3 is 0 Å². The van der Waals surface area contributed by atoms with E-state index < -0.39 is 5.82 Å². The van der Waals surface area contributed by atoms with Gasteiger partial charge in [-0.1, -0.05) is 23.2 Å². The maximum Gasteiger partial charge on any atom is 0.238 e. The number of benzene rings is 1. The summed E-state index contributed by atoms with van der Waals surface area (Å²) in [5.74, 6) is -0.0725. The largest absolute Gasteiger partial charge is 0.322 e. The molecule has 1 fully saturated rings. The van der Waals surface area contributed by atoms with E-state index in [1.807, 2.05) is 0 Å². The second-order valence-corrected chi connectivity index (χ2v) is 5.18. The van der Waals surface area contributed by atoms with Gasteiger partial charge in [0.05, 0.1) is 22.3 Å². The Labute approximate surface area is 115 Å². The van der Waals surface area contributed by atoms with Gasteiger partial charge in [0.1, 0.15) is 5.82 Å². The van der Waals surface area contributed by atoms with E-state index in [-0.39, 0.29) is 28.2 Å². The maximum atomic E-state index is 13.0. The summed E-state index contributed by atoms with van der Waals surface area (Å²) in [5, 5.41) is 5.80. The molecule has 1 aromatic rings. The third kappa shape index (κ3) is 3.83. The third-order valence-corrected chi connectivity index (χ3v) is 3.28. The van der Waals surface area contributed by atoms with E-state index in [0.717, 1.165) is 18.7 Å². The van der Waals surface area contributed by atoms with Crippen LogP contribution in [0.25, 0.3) is 0 Å². The SMILES string of the molecule is O=C(CNCC1CC1)Nc1c(Cl)cc(F)cc1Cl. The van der Waals surface area contributed by atoms with Crippen molar-refractivity contribution in [1.82, 2.24) is 5.32 Å². The molecule has 1 amide bonds. The number of halogens is 3. The summed E-state index contributed by atoms with van der Waals surface area (Å²) in [4.78, 5) is 11.6. The molecule has 0 aliphatic heterocycles. The zero-order valence-corrected chi connectivity index (χ0v) is 11.1. The van der Waals surface area contributed by atoms with Crippen LogP contribution in [0.4, 0.5) is 10.1 Å². The summed E-state index contributed by atoms with van der Waals surface area (Å²) in [7, 11) is 0. The average molecular weight is 291 g/mol. The number of nitrogens with one attached hydrogen (secondary N) is 2. The van der Waals surface area contributed by atoms with Crippen molar-refractivity contribution in [2.75, 3.05) is 18.4 Å². The quantitative estimate of drug-likeness (QED) is 0.875. The van der Waals surface area contributed by atoms with E-state index in [1.165, 1.54) is 12.8 Å². The molecular weight excluding hydrogens is 278 g/mol. The van der Waals surface area contributed by atoms with E-state index in [1.54, 1.807) is 0 Å². The minimum atomic E-state index is -0.533. The smallest absolute Gasteiger partial charge is 0.238 e. The van der Waals surface area contributed by atoms with Gasteiger partial charge in [0, 0.05) is 0 Å². The van der Waals surface area contributed by atoms with Crippen LogP contribution in [0.15, 0.2) is 12.1 Å². The number of carbonyl (C=O) groups is 1. The fourth-order valence-corrected chi connectivity index (χ4v) is 2.11. The standard InChI is InChI=1S/C12H13Cl2FN2O/c13-9-3-8(15)4-10(14)12(9)17-11(18)6-16-5-7-1-2-7/h3-4,7,16H,1-2,5-6H2,(H,17,18). The molecule has 1 saturated carbocycles. The molecule has 0 saturated heterocycles.